The highest BCUT2D eigenvalue weighted by molar-refractivity contribution is 5.81. The second kappa shape index (κ2) is 4.14. The molecule has 0 aromatic heterocycles. The fourth-order valence-electron chi connectivity index (χ4n) is 4.14. The Kier molecular flexibility index (Phi) is 2.78. The lowest BCUT2D eigenvalue weighted by Gasteiger charge is -2.42. The molecule has 0 aromatic rings. The van der Waals surface area contributed by atoms with Crippen LogP contribution >= 0.6 is 0 Å². The van der Waals surface area contributed by atoms with Crippen LogP contribution in [0.25, 0.3) is 0 Å². The molecule has 16 heavy (non-hydrogen) atoms. The van der Waals surface area contributed by atoms with Crippen LogP contribution in [0.2, 0.25) is 0 Å². The van der Waals surface area contributed by atoms with Gasteiger partial charge in [0.2, 0.25) is 0 Å². The van der Waals surface area contributed by atoms with Gasteiger partial charge in [-0.15, -0.1) is 0 Å². The van der Waals surface area contributed by atoms with Crippen LogP contribution in [0.1, 0.15) is 58.3 Å². The molecule has 0 aromatic carbocycles. The van der Waals surface area contributed by atoms with Crippen molar-refractivity contribution in [3.63, 3.8) is 0 Å². The van der Waals surface area contributed by atoms with E-state index in [4.69, 9.17) is 0 Å². The molecule has 2 nitrogen and oxygen atoms in total. The summed E-state index contributed by atoms with van der Waals surface area (Å²) in [5.41, 5.74) is 0. The number of piperidine rings is 1. The van der Waals surface area contributed by atoms with Gasteiger partial charge in [-0.3, -0.25) is 9.69 Å². The quantitative estimate of drug-likeness (QED) is 0.678. The second-order valence-corrected chi connectivity index (χ2v) is 6.19. The zero-order valence-corrected chi connectivity index (χ0v) is 10.3. The predicted octanol–water partition coefficient (Wildman–Crippen LogP) is 2.76. The molecule has 90 valence electrons. The number of hydrogen-bond donors (Lipinski definition) is 0. The fourth-order valence-corrected chi connectivity index (χ4v) is 4.14. The third kappa shape index (κ3) is 1.81. The molecule has 2 saturated heterocycles. The van der Waals surface area contributed by atoms with Crippen LogP contribution in [0.4, 0.5) is 0 Å². The first-order valence-electron chi connectivity index (χ1n) is 7.03. The monoisotopic (exact) mass is 221 g/mol. The number of nitrogens with zero attached hydrogens (tertiary/aromatic N) is 1. The van der Waals surface area contributed by atoms with Gasteiger partial charge in [-0.2, -0.15) is 0 Å². The van der Waals surface area contributed by atoms with Gasteiger partial charge in [0.05, 0.1) is 0 Å². The Hall–Kier alpha value is -0.370. The SMILES string of the molecule is CC1CCC(N2C3CCC2CC(=O)C3)CC1. The van der Waals surface area contributed by atoms with Crippen LogP contribution < -0.4 is 0 Å². The standard InChI is InChI=1S/C14H23NO/c1-10-2-4-11(5-3-10)15-12-6-7-13(15)9-14(16)8-12/h10-13H,2-9H2,1H3. The molecule has 2 bridgehead atoms. The van der Waals surface area contributed by atoms with Crippen molar-refractivity contribution in [1.29, 1.82) is 0 Å². The van der Waals surface area contributed by atoms with Gasteiger partial charge in [0.25, 0.3) is 0 Å². The van der Waals surface area contributed by atoms with E-state index in [-0.39, 0.29) is 0 Å². The van der Waals surface area contributed by atoms with E-state index in [1.54, 1.807) is 0 Å². The van der Waals surface area contributed by atoms with E-state index in [0.29, 0.717) is 17.9 Å². The molecular formula is C14H23NO. The summed E-state index contributed by atoms with van der Waals surface area (Å²) >= 11 is 0. The van der Waals surface area contributed by atoms with Crippen LogP contribution in [0.5, 0.6) is 0 Å². The lowest BCUT2D eigenvalue weighted by atomic mass is 9.84. The highest BCUT2D eigenvalue weighted by atomic mass is 16.1. The van der Waals surface area contributed by atoms with E-state index < -0.39 is 0 Å². The van der Waals surface area contributed by atoms with E-state index in [1.807, 2.05) is 0 Å². The molecule has 0 amide bonds. The predicted molar refractivity (Wildman–Crippen MR) is 64.3 cm³/mol. The highest BCUT2D eigenvalue weighted by Crippen LogP contribution is 2.39. The number of fused-ring (bicyclic) bond motifs is 2. The Balaban J connectivity index is 1.69. The third-order valence-electron chi connectivity index (χ3n) is 5.01. The van der Waals surface area contributed by atoms with Gasteiger partial charge in [-0.1, -0.05) is 6.92 Å². The van der Waals surface area contributed by atoms with Crippen molar-refractivity contribution in [2.45, 2.75) is 76.4 Å². The van der Waals surface area contributed by atoms with Crippen LogP contribution in [-0.4, -0.2) is 28.8 Å². The Morgan fingerprint density at radius 2 is 1.38 bits per heavy atom. The zero-order chi connectivity index (χ0) is 11.1. The molecule has 2 atom stereocenters. The Morgan fingerprint density at radius 1 is 0.875 bits per heavy atom. The van der Waals surface area contributed by atoms with Crippen molar-refractivity contribution in [3.8, 4) is 0 Å². The molecular weight excluding hydrogens is 198 g/mol. The van der Waals surface area contributed by atoms with Crippen molar-refractivity contribution in [1.82, 2.24) is 4.90 Å². The molecule has 2 aliphatic heterocycles. The summed E-state index contributed by atoms with van der Waals surface area (Å²) in [6.07, 6.45) is 9.81. The molecule has 0 radical (unpaired) electrons. The minimum Gasteiger partial charge on any atom is -0.300 e. The third-order valence-corrected chi connectivity index (χ3v) is 5.01. The van der Waals surface area contributed by atoms with E-state index in [0.717, 1.165) is 24.8 Å². The number of carbonyl (C=O) groups excluding carboxylic acids is 1. The molecule has 3 fully saturated rings. The summed E-state index contributed by atoms with van der Waals surface area (Å²) < 4.78 is 0. The molecule has 3 rings (SSSR count). The van der Waals surface area contributed by atoms with Gasteiger partial charge in [0.1, 0.15) is 5.78 Å². The van der Waals surface area contributed by atoms with Crippen molar-refractivity contribution >= 4 is 5.78 Å². The van der Waals surface area contributed by atoms with E-state index in [1.165, 1.54) is 38.5 Å². The summed E-state index contributed by atoms with van der Waals surface area (Å²) in [6.45, 7) is 2.38. The average molecular weight is 221 g/mol. The lowest BCUT2D eigenvalue weighted by Crippen LogP contribution is -2.50. The smallest absolute Gasteiger partial charge is 0.136 e. The first kappa shape index (κ1) is 10.8. The summed E-state index contributed by atoms with van der Waals surface area (Å²) in [7, 11) is 0. The summed E-state index contributed by atoms with van der Waals surface area (Å²) in [4.78, 5) is 14.3. The van der Waals surface area contributed by atoms with Crippen molar-refractivity contribution in [2.24, 2.45) is 5.92 Å². The van der Waals surface area contributed by atoms with Gasteiger partial charge >= 0.3 is 0 Å². The second-order valence-electron chi connectivity index (χ2n) is 6.19. The molecule has 0 N–H and O–H groups in total. The number of Topliss-reactive ketones (excluding diaryl/α,β-unsaturated/α-hetero) is 1. The average Bonchev–Trinajstić information content (AvgIpc) is 2.54. The largest absolute Gasteiger partial charge is 0.300 e. The fraction of sp³-hybridized carbons (Fsp3) is 0.929. The number of rotatable bonds is 1. The molecule has 1 aliphatic carbocycles. The first-order valence-corrected chi connectivity index (χ1v) is 7.03. The van der Waals surface area contributed by atoms with Crippen molar-refractivity contribution < 1.29 is 4.79 Å². The maximum absolute atomic E-state index is 11.6. The van der Waals surface area contributed by atoms with Crippen LogP contribution in [0.15, 0.2) is 0 Å². The van der Waals surface area contributed by atoms with Gasteiger partial charge in [0.15, 0.2) is 0 Å². The number of ketones is 1. The normalized spacial score (nSPS) is 44.9. The topological polar surface area (TPSA) is 20.3 Å². The minimum atomic E-state index is 0.521. The maximum Gasteiger partial charge on any atom is 0.136 e. The zero-order valence-electron chi connectivity index (χ0n) is 10.3. The van der Waals surface area contributed by atoms with E-state index in [9.17, 15) is 4.79 Å². The van der Waals surface area contributed by atoms with Crippen molar-refractivity contribution in [2.75, 3.05) is 0 Å². The summed E-state index contributed by atoms with van der Waals surface area (Å²) in [6, 6.07) is 2.04. The maximum atomic E-state index is 11.6. The molecule has 1 saturated carbocycles. The minimum absolute atomic E-state index is 0.521. The Morgan fingerprint density at radius 3 is 1.94 bits per heavy atom. The molecule has 3 aliphatic rings. The van der Waals surface area contributed by atoms with E-state index >= 15 is 0 Å². The van der Waals surface area contributed by atoms with Crippen LogP contribution in [-0.2, 0) is 4.79 Å². The lowest BCUT2D eigenvalue weighted by molar-refractivity contribution is -0.124. The van der Waals surface area contributed by atoms with Crippen LogP contribution in [0, 0.1) is 5.92 Å². The van der Waals surface area contributed by atoms with Gasteiger partial charge in [-0.25, -0.2) is 0 Å². The molecule has 2 heteroatoms. The Labute approximate surface area is 98.4 Å². The number of hydrogen-bond acceptors (Lipinski definition) is 2. The van der Waals surface area contributed by atoms with Gasteiger partial charge in [0, 0.05) is 31.0 Å². The number of carbonyl (C=O) groups is 1. The molecule has 2 unspecified atom stereocenters. The van der Waals surface area contributed by atoms with Crippen molar-refractivity contribution in [3.05, 3.63) is 0 Å². The summed E-state index contributed by atoms with van der Waals surface area (Å²) in [5.74, 6) is 1.45. The van der Waals surface area contributed by atoms with Crippen LogP contribution in [0.3, 0.4) is 0 Å². The van der Waals surface area contributed by atoms with E-state index in [2.05, 4.69) is 11.8 Å². The summed E-state index contributed by atoms with van der Waals surface area (Å²) in [5, 5.41) is 0. The molecule has 0 spiro atoms. The first-order chi connectivity index (χ1) is 7.74. The highest BCUT2D eigenvalue weighted by Gasteiger charge is 2.43. The van der Waals surface area contributed by atoms with Gasteiger partial charge in [-0.05, 0) is 44.4 Å². The Bertz CT molecular complexity index is 264. The van der Waals surface area contributed by atoms with Gasteiger partial charge < -0.3 is 0 Å². The molecule has 2 heterocycles.